The van der Waals surface area contributed by atoms with E-state index in [1.165, 1.54) is 4.88 Å². The number of aromatic nitrogens is 1. The van der Waals surface area contributed by atoms with Crippen LogP contribution in [0.2, 0.25) is 5.02 Å². The van der Waals surface area contributed by atoms with E-state index in [1.54, 1.807) is 11.3 Å². The summed E-state index contributed by atoms with van der Waals surface area (Å²) in [4.78, 5) is 7.64. The zero-order chi connectivity index (χ0) is 13.1. The molecule has 2 aromatic rings. The quantitative estimate of drug-likeness (QED) is 0.774. The number of rotatable bonds is 4. The molecule has 0 atom stereocenters. The predicted octanol–water partition coefficient (Wildman–Crippen LogP) is 4.48. The third kappa shape index (κ3) is 2.97. The second-order valence-electron chi connectivity index (χ2n) is 4.14. The van der Waals surface area contributed by atoms with Crippen molar-refractivity contribution < 1.29 is 0 Å². The lowest BCUT2D eigenvalue weighted by molar-refractivity contribution is 0.926. The van der Waals surface area contributed by atoms with Crippen LogP contribution in [0.5, 0.6) is 0 Å². The van der Waals surface area contributed by atoms with Crippen LogP contribution in [0.4, 0.5) is 5.69 Å². The van der Waals surface area contributed by atoms with Gasteiger partial charge in [0.2, 0.25) is 0 Å². The Balaban J connectivity index is 2.19. The van der Waals surface area contributed by atoms with Gasteiger partial charge in [-0.25, -0.2) is 4.98 Å². The molecule has 0 radical (unpaired) electrons. The van der Waals surface area contributed by atoms with Gasteiger partial charge >= 0.3 is 0 Å². The van der Waals surface area contributed by atoms with Gasteiger partial charge in [0.05, 0.1) is 28.5 Å². The third-order valence-electron chi connectivity index (χ3n) is 2.80. The van der Waals surface area contributed by atoms with Crippen molar-refractivity contribution >= 4 is 40.2 Å². The molecule has 1 aromatic heterocycles. The lowest BCUT2D eigenvalue weighted by Crippen LogP contribution is -2.16. The molecule has 0 amide bonds. The normalized spacial score (nSPS) is 10.7. The van der Waals surface area contributed by atoms with Crippen molar-refractivity contribution in [1.29, 1.82) is 0 Å². The summed E-state index contributed by atoms with van der Waals surface area (Å²) in [5.74, 6) is 0.484. The van der Waals surface area contributed by atoms with Gasteiger partial charge in [-0.2, -0.15) is 0 Å². The molecule has 1 aromatic carbocycles. The van der Waals surface area contributed by atoms with Crippen molar-refractivity contribution in [2.75, 3.05) is 11.9 Å². The minimum absolute atomic E-state index is 0.484. The molecule has 0 saturated carbocycles. The maximum atomic E-state index is 6.27. The van der Waals surface area contributed by atoms with Gasteiger partial charge in [0.25, 0.3) is 0 Å². The largest absolute Gasteiger partial charge is 0.368 e. The Kier molecular flexibility index (Phi) is 4.49. The third-order valence-corrected chi connectivity index (χ3v) is 4.33. The molecule has 0 unspecified atom stereocenters. The van der Waals surface area contributed by atoms with Gasteiger partial charge < -0.3 is 4.90 Å². The smallest absolute Gasteiger partial charge is 0.0798 e. The molecule has 0 fully saturated rings. The number of anilines is 1. The first-order valence-corrected chi connectivity index (χ1v) is 7.35. The van der Waals surface area contributed by atoms with E-state index in [0.717, 1.165) is 28.5 Å². The molecule has 0 aliphatic rings. The summed E-state index contributed by atoms with van der Waals surface area (Å²) in [6, 6.07) is 5.93. The molecule has 2 nitrogen and oxygen atoms in total. The Bertz CT molecular complexity index is 540. The van der Waals surface area contributed by atoms with Crippen molar-refractivity contribution in [1.82, 2.24) is 4.98 Å². The average molecular weight is 301 g/mol. The van der Waals surface area contributed by atoms with Crippen LogP contribution in [0.1, 0.15) is 16.1 Å². The molecule has 96 valence electrons. The molecule has 5 heteroatoms. The lowest BCUT2D eigenvalue weighted by atomic mass is 10.2. The summed E-state index contributed by atoms with van der Waals surface area (Å²) < 4.78 is 0. The van der Waals surface area contributed by atoms with E-state index in [-0.39, 0.29) is 0 Å². The van der Waals surface area contributed by atoms with E-state index in [9.17, 15) is 0 Å². The number of alkyl halides is 1. The maximum Gasteiger partial charge on any atom is 0.0798 e. The molecular weight excluding hydrogens is 287 g/mol. The fourth-order valence-electron chi connectivity index (χ4n) is 1.72. The van der Waals surface area contributed by atoms with Crippen molar-refractivity contribution in [3.8, 4) is 0 Å². The number of hydrogen-bond donors (Lipinski definition) is 0. The number of halogens is 2. The molecular formula is C13H14Cl2N2S. The van der Waals surface area contributed by atoms with Gasteiger partial charge in [-0.05, 0) is 24.6 Å². The second-order valence-corrected chi connectivity index (χ2v) is 5.75. The Morgan fingerprint density at radius 2 is 2.17 bits per heavy atom. The monoisotopic (exact) mass is 300 g/mol. The Morgan fingerprint density at radius 1 is 1.39 bits per heavy atom. The summed E-state index contributed by atoms with van der Waals surface area (Å²) in [5, 5.41) is 0.734. The fourth-order valence-corrected chi connectivity index (χ4v) is 3.06. The van der Waals surface area contributed by atoms with E-state index in [4.69, 9.17) is 23.2 Å². The summed E-state index contributed by atoms with van der Waals surface area (Å²) in [6.45, 7) is 2.84. The van der Waals surface area contributed by atoms with E-state index in [2.05, 4.69) is 9.88 Å². The van der Waals surface area contributed by atoms with Crippen LogP contribution < -0.4 is 4.90 Å². The van der Waals surface area contributed by atoms with Gasteiger partial charge in [0.15, 0.2) is 0 Å². The lowest BCUT2D eigenvalue weighted by Gasteiger charge is -2.20. The first-order chi connectivity index (χ1) is 8.61. The van der Waals surface area contributed by atoms with Crippen LogP contribution in [-0.4, -0.2) is 12.0 Å². The van der Waals surface area contributed by atoms with Gasteiger partial charge in [0, 0.05) is 17.8 Å². The zero-order valence-electron chi connectivity index (χ0n) is 10.3. The van der Waals surface area contributed by atoms with Crippen molar-refractivity contribution in [2.24, 2.45) is 0 Å². The van der Waals surface area contributed by atoms with Crippen LogP contribution in [0, 0.1) is 6.92 Å². The highest BCUT2D eigenvalue weighted by Gasteiger charge is 2.10. The molecule has 1 heterocycles. The Labute approximate surface area is 121 Å². The molecule has 2 rings (SSSR count). The van der Waals surface area contributed by atoms with E-state index in [1.807, 2.05) is 37.7 Å². The standard InChI is InChI=1S/C13H14Cl2N2S/c1-9-13(18-8-16-9)7-17(2)12-4-3-10(6-14)5-11(12)15/h3-5,8H,6-7H2,1-2H3. The minimum atomic E-state index is 0.484. The number of benzene rings is 1. The highest BCUT2D eigenvalue weighted by molar-refractivity contribution is 7.09. The van der Waals surface area contributed by atoms with Gasteiger partial charge in [-0.15, -0.1) is 22.9 Å². The number of nitrogens with zero attached hydrogens (tertiary/aromatic N) is 2. The van der Waals surface area contributed by atoms with E-state index in [0.29, 0.717) is 5.88 Å². The molecule has 0 aliphatic heterocycles. The number of thiazole rings is 1. The molecule has 0 saturated heterocycles. The minimum Gasteiger partial charge on any atom is -0.368 e. The molecule has 0 aliphatic carbocycles. The van der Waals surface area contributed by atoms with E-state index >= 15 is 0 Å². The average Bonchev–Trinajstić information content (AvgIpc) is 2.74. The van der Waals surface area contributed by atoms with Crippen LogP contribution in [0.15, 0.2) is 23.7 Å². The van der Waals surface area contributed by atoms with E-state index < -0.39 is 0 Å². The zero-order valence-corrected chi connectivity index (χ0v) is 12.6. The maximum absolute atomic E-state index is 6.27. The SMILES string of the molecule is Cc1ncsc1CN(C)c1ccc(CCl)cc1Cl. The van der Waals surface area contributed by atoms with Gasteiger partial charge in [-0.3, -0.25) is 0 Å². The molecule has 0 bridgehead atoms. The fraction of sp³-hybridized carbons (Fsp3) is 0.308. The summed E-state index contributed by atoms with van der Waals surface area (Å²) in [6.07, 6.45) is 0. The van der Waals surface area contributed by atoms with Crippen molar-refractivity contribution in [3.05, 3.63) is 44.9 Å². The molecule has 18 heavy (non-hydrogen) atoms. The predicted molar refractivity (Wildman–Crippen MR) is 80.0 cm³/mol. The topological polar surface area (TPSA) is 16.1 Å². The summed E-state index contributed by atoms with van der Waals surface area (Å²) in [7, 11) is 2.03. The highest BCUT2D eigenvalue weighted by atomic mass is 35.5. The van der Waals surface area contributed by atoms with Gasteiger partial charge in [0.1, 0.15) is 0 Å². The Morgan fingerprint density at radius 3 is 2.72 bits per heavy atom. The number of aryl methyl sites for hydroxylation is 1. The van der Waals surface area contributed by atoms with Crippen LogP contribution >= 0.6 is 34.5 Å². The van der Waals surface area contributed by atoms with Gasteiger partial charge in [-0.1, -0.05) is 17.7 Å². The van der Waals surface area contributed by atoms with Crippen molar-refractivity contribution in [3.63, 3.8) is 0 Å². The van der Waals surface area contributed by atoms with Crippen LogP contribution in [0.25, 0.3) is 0 Å². The van der Waals surface area contributed by atoms with Crippen LogP contribution in [-0.2, 0) is 12.4 Å². The highest BCUT2D eigenvalue weighted by Crippen LogP contribution is 2.28. The Hall–Kier alpha value is -0.770. The first-order valence-electron chi connectivity index (χ1n) is 5.56. The summed E-state index contributed by atoms with van der Waals surface area (Å²) >= 11 is 13.7. The second kappa shape index (κ2) is 5.91. The molecule has 0 spiro atoms. The van der Waals surface area contributed by atoms with Crippen molar-refractivity contribution in [2.45, 2.75) is 19.3 Å². The summed E-state index contributed by atoms with van der Waals surface area (Å²) in [5.41, 5.74) is 5.00. The van der Waals surface area contributed by atoms with Crippen LogP contribution in [0.3, 0.4) is 0 Å². The molecule has 0 N–H and O–H groups in total. The first kappa shape index (κ1) is 13.7. The number of hydrogen-bond acceptors (Lipinski definition) is 3.